The summed E-state index contributed by atoms with van der Waals surface area (Å²) in [6.07, 6.45) is 3.48. The van der Waals surface area contributed by atoms with Crippen LogP contribution in [0.3, 0.4) is 0 Å². The van der Waals surface area contributed by atoms with Crippen LogP contribution in [-0.4, -0.2) is 50.0 Å². The van der Waals surface area contributed by atoms with E-state index in [9.17, 15) is 4.79 Å². The Bertz CT molecular complexity index is 480. The Hall–Kier alpha value is -1.56. The lowest BCUT2D eigenvalue weighted by Gasteiger charge is -2.27. The number of carbonyl (C=O) groups excluding carboxylic acids is 1. The third kappa shape index (κ3) is 5.02. The van der Waals surface area contributed by atoms with Gasteiger partial charge >= 0.3 is 0 Å². The highest BCUT2D eigenvalue weighted by atomic mass is 32.1. The maximum Gasteiger partial charge on any atom is 0.241 e. The minimum absolute atomic E-state index is 0.161. The van der Waals surface area contributed by atoms with Crippen LogP contribution in [0.2, 0.25) is 0 Å². The van der Waals surface area contributed by atoms with Crippen LogP contribution in [0.4, 0.5) is 0 Å². The van der Waals surface area contributed by atoms with Crippen molar-refractivity contribution in [2.24, 2.45) is 4.99 Å². The number of nitrogens with zero attached hydrogens (tertiary/aromatic N) is 2. The van der Waals surface area contributed by atoms with Crippen molar-refractivity contribution in [3.05, 3.63) is 22.4 Å². The van der Waals surface area contributed by atoms with Crippen LogP contribution >= 0.6 is 11.3 Å². The van der Waals surface area contributed by atoms with Gasteiger partial charge in [-0.3, -0.25) is 9.79 Å². The largest absolute Gasteiger partial charge is 0.356 e. The Labute approximate surface area is 136 Å². The van der Waals surface area contributed by atoms with Crippen molar-refractivity contribution in [2.45, 2.75) is 32.1 Å². The van der Waals surface area contributed by atoms with Gasteiger partial charge in [0.15, 0.2) is 5.96 Å². The second-order valence-corrected chi connectivity index (χ2v) is 6.64. The molecule has 1 aliphatic heterocycles. The van der Waals surface area contributed by atoms with Gasteiger partial charge in [-0.1, -0.05) is 13.0 Å². The van der Waals surface area contributed by atoms with Crippen molar-refractivity contribution in [3.63, 3.8) is 0 Å². The molecule has 1 atom stereocenters. The molecule has 122 valence electrons. The average molecular weight is 322 g/mol. The van der Waals surface area contributed by atoms with Crippen LogP contribution in [0.25, 0.3) is 0 Å². The summed E-state index contributed by atoms with van der Waals surface area (Å²) in [5.74, 6) is 1.28. The van der Waals surface area contributed by atoms with Crippen LogP contribution in [0.1, 0.15) is 37.0 Å². The zero-order chi connectivity index (χ0) is 15.8. The topological polar surface area (TPSA) is 56.7 Å². The van der Waals surface area contributed by atoms with E-state index in [1.807, 2.05) is 4.90 Å². The molecule has 6 heteroatoms. The summed E-state index contributed by atoms with van der Waals surface area (Å²) in [4.78, 5) is 19.6. The third-order valence-electron chi connectivity index (χ3n) is 3.94. The fourth-order valence-electron chi connectivity index (χ4n) is 2.56. The summed E-state index contributed by atoms with van der Waals surface area (Å²) >= 11 is 1.77. The van der Waals surface area contributed by atoms with Gasteiger partial charge in [0, 0.05) is 37.5 Å². The lowest BCUT2D eigenvalue weighted by molar-refractivity contribution is -0.130. The molecule has 1 aromatic heterocycles. The number of hydrogen-bond acceptors (Lipinski definition) is 3. The Morgan fingerprint density at radius 1 is 1.36 bits per heavy atom. The van der Waals surface area contributed by atoms with Crippen LogP contribution in [0.15, 0.2) is 22.5 Å². The number of amides is 1. The monoisotopic (exact) mass is 322 g/mol. The molecule has 1 amide bonds. The third-order valence-corrected chi connectivity index (χ3v) is 5.05. The van der Waals surface area contributed by atoms with E-state index in [1.165, 1.54) is 11.3 Å². The molecule has 1 aromatic rings. The van der Waals surface area contributed by atoms with E-state index in [0.29, 0.717) is 18.4 Å². The molecule has 0 saturated carbocycles. The normalized spacial score (nSPS) is 17.2. The fourth-order valence-corrected chi connectivity index (χ4v) is 3.34. The van der Waals surface area contributed by atoms with Gasteiger partial charge in [-0.15, -0.1) is 11.3 Å². The molecule has 1 saturated heterocycles. The van der Waals surface area contributed by atoms with E-state index >= 15 is 0 Å². The summed E-state index contributed by atoms with van der Waals surface area (Å²) < 4.78 is 0. The number of guanidine groups is 1. The molecule has 5 nitrogen and oxygen atoms in total. The lowest BCUT2D eigenvalue weighted by Crippen LogP contribution is -2.46. The van der Waals surface area contributed by atoms with Gasteiger partial charge in [0.05, 0.1) is 6.54 Å². The highest BCUT2D eigenvalue weighted by Crippen LogP contribution is 2.19. The van der Waals surface area contributed by atoms with Gasteiger partial charge in [-0.2, -0.15) is 0 Å². The minimum atomic E-state index is 0.161. The first-order valence-corrected chi connectivity index (χ1v) is 8.84. The molecular weight excluding hydrogens is 296 g/mol. The molecule has 0 spiro atoms. The summed E-state index contributed by atoms with van der Waals surface area (Å²) in [7, 11) is 1.73. The van der Waals surface area contributed by atoms with Crippen molar-refractivity contribution in [2.75, 3.05) is 33.2 Å². The van der Waals surface area contributed by atoms with Gasteiger partial charge < -0.3 is 15.5 Å². The van der Waals surface area contributed by atoms with Gasteiger partial charge in [0.1, 0.15) is 0 Å². The molecule has 0 radical (unpaired) electrons. The SMILES string of the molecule is CN=C(NCC(=O)N1CCCCC1)NCC(C)c1cccs1. The summed E-state index contributed by atoms with van der Waals surface area (Å²) in [6, 6.07) is 4.22. The van der Waals surface area contributed by atoms with Crippen molar-refractivity contribution >= 4 is 23.2 Å². The Morgan fingerprint density at radius 3 is 2.77 bits per heavy atom. The Balaban J connectivity index is 1.71. The Morgan fingerprint density at radius 2 is 2.14 bits per heavy atom. The first-order chi connectivity index (χ1) is 10.7. The second kappa shape index (κ2) is 8.78. The second-order valence-electron chi connectivity index (χ2n) is 5.66. The smallest absolute Gasteiger partial charge is 0.241 e. The number of nitrogens with one attached hydrogen (secondary N) is 2. The lowest BCUT2D eigenvalue weighted by atomic mass is 10.1. The molecule has 2 heterocycles. The number of aliphatic imine (C=N–C) groups is 1. The van der Waals surface area contributed by atoms with E-state index in [0.717, 1.165) is 32.5 Å². The molecule has 1 fully saturated rings. The molecule has 0 bridgehead atoms. The van der Waals surface area contributed by atoms with Crippen molar-refractivity contribution in [3.8, 4) is 0 Å². The number of likely N-dealkylation sites (tertiary alicyclic amines) is 1. The molecule has 1 aliphatic rings. The number of carbonyl (C=O) groups is 1. The Kier molecular flexibility index (Phi) is 6.71. The van der Waals surface area contributed by atoms with Crippen molar-refractivity contribution in [1.29, 1.82) is 0 Å². The minimum Gasteiger partial charge on any atom is -0.356 e. The maximum absolute atomic E-state index is 12.1. The standard InChI is InChI=1S/C16H26N4OS/c1-13(14-7-6-10-22-14)11-18-16(17-2)19-12-15(21)20-8-4-3-5-9-20/h6-7,10,13H,3-5,8-9,11-12H2,1-2H3,(H2,17,18,19). The number of thiophene rings is 1. The van der Waals surface area contributed by atoms with Gasteiger partial charge in [-0.05, 0) is 30.7 Å². The highest BCUT2D eigenvalue weighted by Gasteiger charge is 2.16. The first kappa shape index (κ1) is 16.8. The quantitative estimate of drug-likeness (QED) is 0.644. The van der Waals surface area contributed by atoms with Crippen LogP contribution in [-0.2, 0) is 4.79 Å². The predicted octanol–water partition coefficient (Wildman–Crippen LogP) is 2.03. The van der Waals surface area contributed by atoms with Crippen molar-refractivity contribution in [1.82, 2.24) is 15.5 Å². The number of hydrogen-bond donors (Lipinski definition) is 2. The molecule has 1 unspecified atom stereocenters. The summed E-state index contributed by atoms with van der Waals surface area (Å²) in [5.41, 5.74) is 0. The predicted molar refractivity (Wildman–Crippen MR) is 92.5 cm³/mol. The van der Waals surface area contributed by atoms with Gasteiger partial charge in [0.2, 0.25) is 5.91 Å². The summed E-state index contributed by atoms with van der Waals surface area (Å²) in [5, 5.41) is 8.50. The van der Waals surface area contributed by atoms with E-state index in [1.54, 1.807) is 18.4 Å². The summed E-state index contributed by atoms with van der Waals surface area (Å²) in [6.45, 7) is 5.08. The molecule has 22 heavy (non-hydrogen) atoms. The zero-order valence-corrected chi connectivity index (χ0v) is 14.3. The first-order valence-electron chi connectivity index (χ1n) is 7.96. The van der Waals surface area contributed by atoms with Gasteiger partial charge in [0.25, 0.3) is 0 Å². The van der Waals surface area contributed by atoms with E-state index in [2.05, 4.69) is 40.1 Å². The molecule has 2 rings (SSSR count). The van der Waals surface area contributed by atoms with Crippen molar-refractivity contribution < 1.29 is 4.79 Å². The maximum atomic E-state index is 12.1. The molecule has 2 N–H and O–H groups in total. The molecular formula is C16H26N4OS. The average Bonchev–Trinajstić information content (AvgIpc) is 3.10. The van der Waals surface area contributed by atoms with Crippen LogP contribution < -0.4 is 10.6 Å². The molecule has 0 aliphatic carbocycles. The van der Waals surface area contributed by atoms with Crippen LogP contribution in [0, 0.1) is 0 Å². The van der Waals surface area contributed by atoms with Gasteiger partial charge in [-0.25, -0.2) is 0 Å². The van der Waals surface area contributed by atoms with E-state index < -0.39 is 0 Å². The highest BCUT2D eigenvalue weighted by molar-refractivity contribution is 7.10. The van der Waals surface area contributed by atoms with Crippen LogP contribution in [0.5, 0.6) is 0 Å². The number of piperidine rings is 1. The van der Waals surface area contributed by atoms with E-state index in [4.69, 9.17) is 0 Å². The number of rotatable bonds is 5. The van der Waals surface area contributed by atoms with E-state index in [-0.39, 0.29) is 5.91 Å². The molecule has 0 aromatic carbocycles. The zero-order valence-electron chi connectivity index (χ0n) is 13.5. The fraction of sp³-hybridized carbons (Fsp3) is 0.625.